The van der Waals surface area contributed by atoms with Crippen molar-refractivity contribution in [3.05, 3.63) is 91.0 Å². The number of ether oxygens (including phenoxy) is 4. The second-order valence-corrected chi connectivity index (χ2v) is 24.5. The molecule has 5 N–H and O–H groups in total. The normalized spacial score (nSPS) is 12.2. The molecule has 3 aromatic rings. The number of nitrogens with one attached hydrogen (secondary N) is 5. The number of amides is 5. The molecule has 0 fully saturated rings. The van der Waals surface area contributed by atoms with E-state index in [1.54, 1.807) is 27.7 Å². The van der Waals surface area contributed by atoms with Gasteiger partial charge in [-0.05, 0) is 96.2 Å². The average molecular weight is 1330 g/mol. The second-order valence-electron chi connectivity index (χ2n) is 18.4. The fourth-order valence-corrected chi connectivity index (χ4v) is 15.2. The van der Waals surface area contributed by atoms with E-state index in [-0.39, 0.29) is 129 Å². The lowest BCUT2D eigenvalue weighted by atomic mass is 10.1. The third-order valence-corrected chi connectivity index (χ3v) is 19.3. The summed E-state index contributed by atoms with van der Waals surface area (Å²) in [6.45, 7) is 8.22. The minimum atomic E-state index is -2.13. The van der Waals surface area contributed by atoms with Gasteiger partial charge in [0.05, 0.1) is 45.1 Å². The van der Waals surface area contributed by atoms with Crippen molar-refractivity contribution in [3.63, 3.8) is 0 Å². The van der Waals surface area contributed by atoms with Crippen molar-refractivity contribution < 1.29 is 101 Å². The van der Waals surface area contributed by atoms with Crippen molar-refractivity contribution in [1.29, 1.82) is 0 Å². The molecule has 0 saturated heterocycles. The van der Waals surface area contributed by atoms with Crippen LogP contribution in [0.25, 0.3) is 0 Å². The van der Waals surface area contributed by atoms with E-state index in [2.05, 4.69) is 63.0 Å². The van der Waals surface area contributed by atoms with Crippen LogP contribution in [0.2, 0.25) is 0 Å². The maximum absolute atomic E-state index is 13.6. The van der Waals surface area contributed by atoms with Crippen LogP contribution in [0.5, 0.6) is 0 Å². The predicted octanol–water partition coefficient (Wildman–Crippen LogP) is -0.662. The van der Waals surface area contributed by atoms with E-state index >= 15 is 0 Å². The van der Waals surface area contributed by atoms with Gasteiger partial charge in [0.25, 0.3) is 0 Å². The summed E-state index contributed by atoms with van der Waals surface area (Å²) in [7, 11) is 0.0127. The fraction of sp³-hybridized carbons (Fsp3) is 0.517. The Morgan fingerprint density at radius 3 is 1.27 bits per heavy atom. The van der Waals surface area contributed by atoms with Crippen molar-refractivity contribution in [3.8, 4) is 0 Å². The van der Waals surface area contributed by atoms with E-state index < -0.39 is 91.3 Å². The molecule has 24 heteroatoms. The van der Waals surface area contributed by atoms with Gasteiger partial charge in [0.15, 0.2) is 5.78 Å². The molecule has 0 aliphatic heterocycles. The topological polar surface area (TPSA) is 268 Å². The molecule has 0 unspecified atom stereocenters. The van der Waals surface area contributed by atoms with Crippen LogP contribution in [0.3, 0.4) is 0 Å². The second kappa shape index (κ2) is 43.3. The molecule has 0 heterocycles. The summed E-state index contributed by atoms with van der Waals surface area (Å²) in [4.78, 5) is 130. The molecule has 0 aliphatic rings. The largest absolute Gasteiger partial charge is 1.00 e. The average Bonchev–Trinajstić information content (AvgIpc) is 3.45. The summed E-state index contributed by atoms with van der Waals surface area (Å²) < 4.78 is 20.3. The predicted molar refractivity (Wildman–Crippen MR) is 313 cm³/mol. The Kier molecular flexibility index (Phi) is 39.4. The van der Waals surface area contributed by atoms with Gasteiger partial charge in [0.1, 0.15) is 47.8 Å². The van der Waals surface area contributed by atoms with E-state index in [9.17, 15) is 47.9 Å². The first kappa shape index (κ1) is 74.7. The number of hydrogen-bond acceptors (Lipinski definition) is 16. The molecule has 0 aliphatic carbocycles. The van der Waals surface area contributed by atoms with Crippen LogP contribution in [0.15, 0.2) is 91.0 Å². The minimum absolute atomic E-state index is 0. The lowest BCUT2D eigenvalue weighted by Crippen LogP contribution is -3.00. The van der Waals surface area contributed by atoms with Crippen molar-refractivity contribution in [2.24, 2.45) is 0 Å². The molecular weight excluding hydrogens is 1250 g/mol. The van der Waals surface area contributed by atoms with Gasteiger partial charge >= 0.3 is 23.9 Å². The number of unbranched alkanes of at least 4 members (excludes halogenated alkanes) is 3. The molecule has 82 heavy (non-hydrogen) atoms. The molecular formula is C58H81Br2N5O14PS2-. The number of esters is 4. The quantitative estimate of drug-likeness (QED) is 0.0156. The highest BCUT2D eigenvalue weighted by molar-refractivity contribution is 8.76. The summed E-state index contributed by atoms with van der Waals surface area (Å²) in [5.74, 6) is -6.19. The van der Waals surface area contributed by atoms with Crippen LogP contribution < -0.4 is 76.5 Å². The van der Waals surface area contributed by atoms with Gasteiger partial charge in [-0.25, -0.2) is 9.59 Å². The highest BCUT2D eigenvalue weighted by Gasteiger charge is 2.44. The molecule has 0 bridgehead atoms. The van der Waals surface area contributed by atoms with Crippen molar-refractivity contribution in [2.75, 3.05) is 50.6 Å². The Morgan fingerprint density at radius 1 is 0.439 bits per heavy atom. The molecule has 3 aromatic carbocycles. The lowest BCUT2D eigenvalue weighted by Gasteiger charge is -2.27. The highest BCUT2D eigenvalue weighted by Crippen LogP contribution is 2.56. The maximum atomic E-state index is 13.6. The van der Waals surface area contributed by atoms with E-state index in [1.807, 2.05) is 61.5 Å². The standard InChI is InChI=1S/C58H80N5O14PS2.2BrH/c1-6-11-15-30-50(65)60-46(58(73)77-10-5)33-36-53(68)63-48(56(71)59-39-55(70)75-8-3)41-80-79-40-47(49(64)34-37-54(69)74-7-2)62-52(67)35-32-45(57(72)76-9-4)61-51(66)31-22-23-38-78(42-24-16-12-17-25-42,43-26-18-13-19-27-43)44-28-20-14-21-29-44;;/h12-14,16-21,24-29,45-48H,6-11,15,22-23,30-41H2,1-5H3,(H4-,59,60,61,62,63,65,66,67,68,71);2*1H/p-1/t45-,46-,47-,48-;;/m0../s1. The van der Waals surface area contributed by atoms with E-state index in [1.165, 1.54) is 15.9 Å². The number of Topliss-reactive ketones (excluding diaryl/α,β-unsaturated/α-hetero) is 1. The highest BCUT2D eigenvalue weighted by atomic mass is 79.9. The summed E-state index contributed by atoms with van der Waals surface area (Å²) >= 11 is 0. The Bertz CT molecular complexity index is 2340. The van der Waals surface area contributed by atoms with E-state index in [4.69, 9.17) is 18.9 Å². The molecule has 0 radical (unpaired) electrons. The minimum Gasteiger partial charge on any atom is -1.00 e. The molecule has 3 rings (SSSR count). The number of halogens is 2. The monoisotopic (exact) mass is 1320 g/mol. The summed E-state index contributed by atoms with van der Waals surface area (Å²) in [5, 5.41) is 16.9. The molecule has 0 aromatic heterocycles. The van der Waals surface area contributed by atoms with E-state index in [0.717, 1.165) is 40.6 Å². The van der Waals surface area contributed by atoms with Crippen LogP contribution in [-0.2, 0) is 66.9 Å². The van der Waals surface area contributed by atoms with Gasteiger partial charge < -0.3 is 79.5 Å². The van der Waals surface area contributed by atoms with Crippen LogP contribution in [0.4, 0.5) is 0 Å². The van der Waals surface area contributed by atoms with Crippen molar-refractivity contribution >= 4 is 104 Å². The maximum Gasteiger partial charge on any atom is 0.328 e. The van der Waals surface area contributed by atoms with Gasteiger partial charge in [-0.1, -0.05) is 96.0 Å². The third-order valence-electron chi connectivity index (χ3n) is 12.4. The smallest absolute Gasteiger partial charge is 0.328 e. The van der Waals surface area contributed by atoms with Gasteiger partial charge in [-0.15, -0.1) is 0 Å². The number of benzene rings is 3. The number of carbonyl (C=O) groups excluding carboxylic acids is 10. The summed E-state index contributed by atoms with van der Waals surface area (Å²) in [6.07, 6.45) is 3.25. The molecule has 0 saturated carbocycles. The van der Waals surface area contributed by atoms with Gasteiger partial charge in [-0.3, -0.25) is 38.4 Å². The van der Waals surface area contributed by atoms with Crippen LogP contribution in [0, 0.1) is 0 Å². The zero-order valence-electron chi connectivity index (χ0n) is 47.6. The number of ketones is 1. The van der Waals surface area contributed by atoms with E-state index in [0.29, 0.717) is 19.3 Å². The first-order valence-electron chi connectivity index (χ1n) is 27.5. The fourth-order valence-electron chi connectivity index (χ4n) is 8.41. The first-order valence-corrected chi connectivity index (χ1v) is 32.0. The molecule has 4 atom stereocenters. The molecule has 5 amide bonds. The first-order chi connectivity index (χ1) is 38.6. The van der Waals surface area contributed by atoms with Crippen molar-refractivity contribution in [2.45, 2.75) is 142 Å². The Morgan fingerprint density at radius 2 is 0.829 bits per heavy atom. The Balaban J connectivity index is 0.0000168. The molecule has 19 nitrogen and oxygen atoms in total. The zero-order chi connectivity index (χ0) is 58.5. The van der Waals surface area contributed by atoms with Gasteiger partial charge in [0.2, 0.25) is 29.5 Å². The SMILES string of the molecule is CCCCCC(=O)N[C@@H](CCC(=O)N[C@@H](CSSC[C@H](NC(=O)CC[C@H](NC(=O)CCCC[P+](c1ccccc1)(c1ccccc1)c1ccccc1)C(=O)OCC)C(=O)CCC(=O)OCC)C(=O)NCC(=O)OCC)C(=O)OCC.[Br-].[Br-]. The summed E-state index contributed by atoms with van der Waals surface area (Å²) in [5.41, 5.74) is 0. The lowest BCUT2D eigenvalue weighted by molar-refractivity contribution is -0.148. The Hall–Kier alpha value is -5.35. The third kappa shape index (κ3) is 27.8. The molecule has 0 spiro atoms. The van der Waals surface area contributed by atoms with Crippen LogP contribution in [-0.4, -0.2) is 134 Å². The van der Waals surface area contributed by atoms with Crippen molar-refractivity contribution in [1.82, 2.24) is 26.6 Å². The van der Waals surface area contributed by atoms with Crippen LogP contribution in [0.1, 0.15) is 118 Å². The van der Waals surface area contributed by atoms with Gasteiger partial charge in [-0.2, -0.15) is 0 Å². The zero-order valence-corrected chi connectivity index (χ0v) is 53.3. The number of carbonyl (C=O) groups is 10. The number of rotatable bonds is 40. The summed E-state index contributed by atoms with van der Waals surface area (Å²) in [6, 6.07) is 26.5. The number of hydrogen-bond donors (Lipinski definition) is 5. The Labute approximate surface area is 512 Å². The molecule has 454 valence electrons. The van der Waals surface area contributed by atoms with Crippen LogP contribution >= 0.6 is 28.9 Å². The van der Waals surface area contributed by atoms with Gasteiger partial charge in [0, 0.05) is 43.6 Å².